The summed E-state index contributed by atoms with van der Waals surface area (Å²) in [6.45, 7) is 4.56. The van der Waals surface area contributed by atoms with E-state index in [4.69, 9.17) is 9.90 Å². The van der Waals surface area contributed by atoms with E-state index in [0.29, 0.717) is 5.69 Å². The number of alkyl halides is 3. The average molecular weight is 506 g/mol. The summed E-state index contributed by atoms with van der Waals surface area (Å²) in [4.78, 5) is 40.0. The van der Waals surface area contributed by atoms with E-state index in [1.54, 1.807) is 0 Å². The van der Waals surface area contributed by atoms with Crippen LogP contribution in [0, 0.1) is 12.8 Å². The Hall–Kier alpha value is -4.00. The standard InChI is InChI=1S/C21H24N6O2.C2HF3O2/c1-15-18(3-2-4-19(15)27-14-23-25-21(27)29)24-20(28)17-7-11-26(12-8-17)13-16-5-9-22-10-6-16;3-2(4,5)1(6)7/h2-6,9-10,14,17H,7-8,11-13H2,1H3,(H,24,28)(H,25,29);(H,6,7). The lowest BCUT2D eigenvalue weighted by Crippen LogP contribution is -2.37. The molecule has 2 aromatic heterocycles. The minimum Gasteiger partial charge on any atom is -0.475 e. The molecule has 3 N–H and O–H groups in total. The number of benzene rings is 1. The SMILES string of the molecule is Cc1c(NC(=O)C2CCN(Cc3ccncc3)CC2)cccc1-n1cn[nH]c1=O.O=C(O)C(F)(F)F. The summed E-state index contributed by atoms with van der Waals surface area (Å²) in [5.74, 6) is -2.73. The Morgan fingerprint density at radius 1 is 1.17 bits per heavy atom. The number of carbonyl (C=O) groups is 2. The van der Waals surface area contributed by atoms with Gasteiger partial charge in [0.1, 0.15) is 6.33 Å². The Labute approximate surface area is 203 Å². The molecule has 0 spiro atoms. The summed E-state index contributed by atoms with van der Waals surface area (Å²) in [5, 5.41) is 16.3. The number of hydrogen-bond acceptors (Lipinski definition) is 6. The van der Waals surface area contributed by atoms with Crippen molar-refractivity contribution in [3.8, 4) is 5.69 Å². The van der Waals surface area contributed by atoms with Gasteiger partial charge in [-0.1, -0.05) is 6.07 Å². The molecule has 192 valence electrons. The average Bonchev–Trinajstić information content (AvgIpc) is 3.27. The van der Waals surface area contributed by atoms with E-state index in [0.717, 1.165) is 43.7 Å². The monoisotopic (exact) mass is 506 g/mol. The third-order valence-corrected chi connectivity index (χ3v) is 5.73. The summed E-state index contributed by atoms with van der Waals surface area (Å²) in [6, 6.07) is 9.58. The van der Waals surface area contributed by atoms with E-state index in [-0.39, 0.29) is 17.5 Å². The molecule has 0 saturated carbocycles. The van der Waals surface area contributed by atoms with Crippen LogP contribution in [0.5, 0.6) is 0 Å². The minimum absolute atomic E-state index is 0.0107. The zero-order valence-electron chi connectivity index (χ0n) is 19.3. The first kappa shape index (κ1) is 26.6. The fourth-order valence-electron chi connectivity index (χ4n) is 3.77. The molecular formula is C23H25F3N6O4. The van der Waals surface area contributed by atoms with Crippen molar-refractivity contribution in [1.82, 2.24) is 24.6 Å². The molecule has 1 amide bonds. The maximum Gasteiger partial charge on any atom is 0.490 e. The van der Waals surface area contributed by atoms with Crippen molar-refractivity contribution in [2.75, 3.05) is 18.4 Å². The van der Waals surface area contributed by atoms with Gasteiger partial charge in [-0.25, -0.2) is 19.3 Å². The van der Waals surface area contributed by atoms with Crippen LogP contribution in [0.2, 0.25) is 0 Å². The second kappa shape index (κ2) is 11.6. The molecule has 1 aliphatic heterocycles. The highest BCUT2D eigenvalue weighted by Gasteiger charge is 2.38. The lowest BCUT2D eigenvalue weighted by molar-refractivity contribution is -0.192. The lowest BCUT2D eigenvalue weighted by atomic mass is 9.95. The number of aromatic amines is 1. The molecule has 3 heterocycles. The van der Waals surface area contributed by atoms with Crippen LogP contribution in [0.3, 0.4) is 0 Å². The Morgan fingerprint density at radius 3 is 2.36 bits per heavy atom. The molecule has 0 radical (unpaired) electrons. The number of nitrogens with zero attached hydrogens (tertiary/aromatic N) is 4. The summed E-state index contributed by atoms with van der Waals surface area (Å²) >= 11 is 0. The van der Waals surface area contributed by atoms with Gasteiger partial charge in [-0.2, -0.15) is 18.3 Å². The molecular weight excluding hydrogens is 481 g/mol. The Balaban J connectivity index is 0.000000454. The van der Waals surface area contributed by atoms with E-state index in [1.807, 2.05) is 49.6 Å². The normalized spacial score (nSPS) is 14.6. The number of H-pyrrole nitrogens is 1. The van der Waals surface area contributed by atoms with Gasteiger partial charge in [0, 0.05) is 30.5 Å². The number of pyridine rings is 1. The van der Waals surface area contributed by atoms with Crippen LogP contribution in [0.25, 0.3) is 5.69 Å². The van der Waals surface area contributed by atoms with Crippen LogP contribution in [0.1, 0.15) is 24.0 Å². The Morgan fingerprint density at radius 2 is 1.81 bits per heavy atom. The number of anilines is 1. The van der Waals surface area contributed by atoms with Crippen molar-refractivity contribution >= 4 is 17.6 Å². The largest absolute Gasteiger partial charge is 0.490 e. The molecule has 0 unspecified atom stereocenters. The first-order valence-electron chi connectivity index (χ1n) is 11.0. The van der Waals surface area contributed by atoms with E-state index in [2.05, 4.69) is 25.4 Å². The number of halogens is 3. The molecule has 1 aliphatic rings. The van der Waals surface area contributed by atoms with E-state index in [9.17, 15) is 22.8 Å². The number of piperidine rings is 1. The van der Waals surface area contributed by atoms with Crippen molar-refractivity contribution in [2.45, 2.75) is 32.5 Å². The third-order valence-electron chi connectivity index (χ3n) is 5.73. The minimum atomic E-state index is -5.08. The Bertz CT molecular complexity index is 1230. The van der Waals surface area contributed by atoms with E-state index in [1.165, 1.54) is 16.5 Å². The number of carbonyl (C=O) groups excluding carboxylic acids is 1. The molecule has 36 heavy (non-hydrogen) atoms. The number of nitrogens with one attached hydrogen (secondary N) is 2. The maximum atomic E-state index is 12.8. The number of carboxylic acids is 1. The van der Waals surface area contributed by atoms with Crippen LogP contribution in [-0.2, 0) is 16.1 Å². The number of hydrogen-bond donors (Lipinski definition) is 3. The third kappa shape index (κ3) is 7.01. The second-order valence-electron chi connectivity index (χ2n) is 8.18. The molecule has 13 heteroatoms. The summed E-state index contributed by atoms with van der Waals surface area (Å²) in [6.07, 6.45) is 1.63. The number of amides is 1. The topological polar surface area (TPSA) is 133 Å². The predicted octanol–water partition coefficient (Wildman–Crippen LogP) is 2.75. The lowest BCUT2D eigenvalue weighted by Gasteiger charge is -2.31. The number of rotatable bonds is 5. The van der Waals surface area contributed by atoms with Crippen molar-refractivity contribution in [3.63, 3.8) is 0 Å². The van der Waals surface area contributed by atoms with Gasteiger partial charge in [-0.3, -0.25) is 14.7 Å². The van der Waals surface area contributed by atoms with Gasteiger partial charge in [0.2, 0.25) is 5.91 Å². The number of likely N-dealkylation sites (tertiary alicyclic amines) is 1. The zero-order valence-corrected chi connectivity index (χ0v) is 19.3. The molecule has 1 fully saturated rings. The highest BCUT2D eigenvalue weighted by atomic mass is 19.4. The quantitative estimate of drug-likeness (QED) is 0.485. The molecule has 1 aromatic carbocycles. The fourth-order valence-corrected chi connectivity index (χ4v) is 3.77. The Kier molecular flexibility index (Phi) is 8.59. The van der Waals surface area contributed by atoms with Crippen LogP contribution in [0.15, 0.2) is 53.8 Å². The van der Waals surface area contributed by atoms with E-state index >= 15 is 0 Å². The molecule has 1 saturated heterocycles. The van der Waals surface area contributed by atoms with Gasteiger partial charge in [0.25, 0.3) is 0 Å². The molecule has 3 aromatic rings. The number of aliphatic carboxylic acids is 1. The second-order valence-corrected chi connectivity index (χ2v) is 8.18. The van der Waals surface area contributed by atoms with Gasteiger partial charge < -0.3 is 10.4 Å². The summed E-state index contributed by atoms with van der Waals surface area (Å²) in [7, 11) is 0. The van der Waals surface area contributed by atoms with Crippen LogP contribution in [0.4, 0.5) is 18.9 Å². The van der Waals surface area contributed by atoms with Crippen molar-refractivity contribution < 1.29 is 27.9 Å². The highest BCUT2D eigenvalue weighted by Crippen LogP contribution is 2.25. The van der Waals surface area contributed by atoms with E-state index < -0.39 is 12.1 Å². The molecule has 4 rings (SSSR count). The number of carboxylic acid groups (broad SMARTS) is 1. The summed E-state index contributed by atoms with van der Waals surface area (Å²) in [5.41, 5.74) is 3.19. The fraction of sp³-hybridized carbons (Fsp3) is 0.348. The van der Waals surface area contributed by atoms with Crippen LogP contribution < -0.4 is 11.0 Å². The van der Waals surface area contributed by atoms with Crippen LogP contribution >= 0.6 is 0 Å². The first-order valence-corrected chi connectivity index (χ1v) is 11.0. The van der Waals surface area contributed by atoms with Gasteiger partial charge in [0.15, 0.2) is 0 Å². The van der Waals surface area contributed by atoms with Crippen molar-refractivity contribution in [1.29, 1.82) is 0 Å². The van der Waals surface area contributed by atoms with Gasteiger partial charge in [0.05, 0.1) is 5.69 Å². The molecule has 10 nitrogen and oxygen atoms in total. The maximum absolute atomic E-state index is 12.8. The highest BCUT2D eigenvalue weighted by molar-refractivity contribution is 5.93. The van der Waals surface area contributed by atoms with Gasteiger partial charge in [-0.05, 0) is 68.2 Å². The van der Waals surface area contributed by atoms with Crippen molar-refractivity contribution in [3.05, 3.63) is 70.7 Å². The molecule has 0 atom stereocenters. The van der Waals surface area contributed by atoms with Crippen LogP contribution in [-0.4, -0.2) is 60.9 Å². The molecule has 0 bridgehead atoms. The first-order chi connectivity index (χ1) is 17.1. The van der Waals surface area contributed by atoms with Gasteiger partial charge in [-0.15, -0.1) is 0 Å². The predicted molar refractivity (Wildman–Crippen MR) is 123 cm³/mol. The van der Waals surface area contributed by atoms with Gasteiger partial charge >= 0.3 is 17.8 Å². The molecule has 0 aliphatic carbocycles. The smallest absolute Gasteiger partial charge is 0.475 e. The van der Waals surface area contributed by atoms with Crippen molar-refractivity contribution in [2.24, 2.45) is 5.92 Å². The number of aromatic nitrogens is 4. The summed E-state index contributed by atoms with van der Waals surface area (Å²) < 4.78 is 33.2. The zero-order chi connectivity index (χ0) is 26.3.